The molecular formula is C22H18N4O. The largest absolute Gasteiger partial charge is 0.295 e. The first-order valence-corrected chi connectivity index (χ1v) is 8.70. The predicted octanol–water partition coefficient (Wildman–Crippen LogP) is 5.93. The Bertz CT molecular complexity index is 1160. The van der Waals surface area contributed by atoms with E-state index in [-0.39, 0.29) is 5.78 Å². The fourth-order valence-electron chi connectivity index (χ4n) is 3.01. The third-order valence-electron chi connectivity index (χ3n) is 4.37. The Kier molecular flexibility index (Phi) is 4.34. The van der Waals surface area contributed by atoms with Crippen LogP contribution in [0, 0.1) is 6.92 Å². The van der Waals surface area contributed by atoms with Crippen LogP contribution in [0.3, 0.4) is 0 Å². The van der Waals surface area contributed by atoms with E-state index in [1.54, 1.807) is 12.1 Å². The number of hydrogen-bond donors (Lipinski definition) is 0. The van der Waals surface area contributed by atoms with Crippen LogP contribution in [-0.4, -0.2) is 15.2 Å². The highest BCUT2D eigenvalue weighted by molar-refractivity contribution is 5.94. The molecule has 0 fully saturated rings. The molecule has 5 nitrogen and oxygen atoms in total. The van der Waals surface area contributed by atoms with Gasteiger partial charge in [0.1, 0.15) is 11.3 Å². The Labute approximate surface area is 157 Å². The molecule has 2 aromatic carbocycles. The summed E-state index contributed by atoms with van der Waals surface area (Å²) in [6.07, 6.45) is 0. The monoisotopic (exact) mass is 354 g/mol. The van der Waals surface area contributed by atoms with Crippen molar-refractivity contribution in [2.24, 2.45) is 10.2 Å². The smallest absolute Gasteiger partial charge is 0.187 e. The molecule has 4 rings (SSSR count). The number of Topliss-reactive ketones (excluding diaryl/α,β-unsaturated/α-hetero) is 1. The van der Waals surface area contributed by atoms with Crippen LogP contribution in [0.15, 0.2) is 83.0 Å². The number of aryl methyl sites for hydroxylation is 1. The minimum Gasteiger partial charge on any atom is -0.295 e. The Morgan fingerprint density at radius 1 is 0.926 bits per heavy atom. The second kappa shape index (κ2) is 6.96. The SMILES string of the molecule is CC(=O)c1cccc(N=Nc2c(-c3ccccc3)nc3cccc(C)n23)c1. The van der Waals surface area contributed by atoms with Crippen molar-refractivity contribution in [3.8, 4) is 11.3 Å². The Morgan fingerprint density at radius 2 is 1.70 bits per heavy atom. The Hall–Kier alpha value is -3.60. The van der Waals surface area contributed by atoms with E-state index in [0.717, 1.165) is 22.6 Å². The zero-order chi connectivity index (χ0) is 18.8. The summed E-state index contributed by atoms with van der Waals surface area (Å²) in [6, 6.07) is 23.0. The average molecular weight is 354 g/mol. The summed E-state index contributed by atoms with van der Waals surface area (Å²) in [7, 11) is 0. The van der Waals surface area contributed by atoms with Crippen molar-refractivity contribution in [1.82, 2.24) is 9.38 Å². The lowest BCUT2D eigenvalue weighted by Crippen LogP contribution is -1.90. The second-order valence-electron chi connectivity index (χ2n) is 6.32. The molecule has 0 aliphatic rings. The number of fused-ring (bicyclic) bond motifs is 1. The molecule has 0 amide bonds. The van der Waals surface area contributed by atoms with E-state index in [4.69, 9.17) is 4.98 Å². The molecule has 0 aliphatic carbocycles. The van der Waals surface area contributed by atoms with Crippen LogP contribution in [0.4, 0.5) is 11.5 Å². The number of ketones is 1. The second-order valence-corrected chi connectivity index (χ2v) is 6.32. The maximum Gasteiger partial charge on any atom is 0.187 e. The lowest BCUT2D eigenvalue weighted by Gasteiger charge is -2.02. The van der Waals surface area contributed by atoms with Crippen LogP contribution in [0.1, 0.15) is 23.0 Å². The number of imidazole rings is 1. The zero-order valence-electron chi connectivity index (χ0n) is 15.1. The molecular weight excluding hydrogens is 336 g/mol. The lowest BCUT2D eigenvalue weighted by molar-refractivity contribution is 0.101. The van der Waals surface area contributed by atoms with Gasteiger partial charge in [-0.05, 0) is 38.1 Å². The number of hydrogen-bond acceptors (Lipinski definition) is 4. The average Bonchev–Trinajstić information content (AvgIpc) is 3.07. The highest BCUT2D eigenvalue weighted by Crippen LogP contribution is 2.33. The van der Waals surface area contributed by atoms with Gasteiger partial charge in [0.25, 0.3) is 0 Å². The van der Waals surface area contributed by atoms with E-state index in [1.807, 2.05) is 72.0 Å². The highest BCUT2D eigenvalue weighted by atomic mass is 16.1. The number of carbonyl (C=O) groups is 1. The van der Waals surface area contributed by atoms with E-state index < -0.39 is 0 Å². The number of nitrogens with zero attached hydrogens (tertiary/aromatic N) is 4. The number of rotatable bonds is 4. The number of carbonyl (C=O) groups excluding carboxylic acids is 1. The van der Waals surface area contributed by atoms with E-state index in [2.05, 4.69) is 10.2 Å². The van der Waals surface area contributed by atoms with Crippen molar-refractivity contribution >= 4 is 22.9 Å². The summed E-state index contributed by atoms with van der Waals surface area (Å²) >= 11 is 0. The van der Waals surface area contributed by atoms with Gasteiger partial charge in [0, 0.05) is 16.8 Å². The quantitative estimate of drug-likeness (QED) is 0.337. The minimum atomic E-state index is 0.00247. The Morgan fingerprint density at radius 3 is 2.48 bits per heavy atom. The molecule has 0 spiro atoms. The number of benzene rings is 2. The van der Waals surface area contributed by atoms with Crippen LogP contribution in [0.5, 0.6) is 0 Å². The third-order valence-corrected chi connectivity index (χ3v) is 4.37. The van der Waals surface area contributed by atoms with Crippen LogP contribution >= 0.6 is 0 Å². The number of pyridine rings is 1. The zero-order valence-corrected chi connectivity index (χ0v) is 15.1. The molecule has 0 N–H and O–H groups in total. The molecule has 0 unspecified atom stereocenters. The molecule has 0 saturated carbocycles. The van der Waals surface area contributed by atoms with Crippen LogP contribution in [-0.2, 0) is 0 Å². The minimum absolute atomic E-state index is 0.00247. The summed E-state index contributed by atoms with van der Waals surface area (Å²) in [5.74, 6) is 0.671. The summed E-state index contributed by atoms with van der Waals surface area (Å²) in [6.45, 7) is 3.55. The van der Waals surface area contributed by atoms with E-state index in [9.17, 15) is 4.79 Å². The maximum absolute atomic E-state index is 11.6. The van der Waals surface area contributed by atoms with Crippen LogP contribution in [0.25, 0.3) is 16.9 Å². The molecule has 5 heteroatoms. The van der Waals surface area contributed by atoms with Crippen molar-refractivity contribution in [2.75, 3.05) is 0 Å². The molecule has 0 saturated heterocycles. The summed E-state index contributed by atoms with van der Waals surface area (Å²) < 4.78 is 1.99. The lowest BCUT2D eigenvalue weighted by atomic mass is 10.1. The topological polar surface area (TPSA) is 59.1 Å². The summed E-state index contributed by atoms with van der Waals surface area (Å²) in [5, 5.41) is 8.90. The van der Waals surface area contributed by atoms with Crippen molar-refractivity contribution in [3.63, 3.8) is 0 Å². The van der Waals surface area contributed by atoms with E-state index in [1.165, 1.54) is 6.92 Å². The number of azo groups is 1. The van der Waals surface area contributed by atoms with Gasteiger partial charge in [0.05, 0.1) is 5.69 Å². The molecule has 4 aromatic rings. The first-order chi connectivity index (χ1) is 13.1. The van der Waals surface area contributed by atoms with Gasteiger partial charge in [-0.25, -0.2) is 4.98 Å². The normalized spacial score (nSPS) is 11.3. The summed E-state index contributed by atoms with van der Waals surface area (Å²) in [5.41, 5.74) is 4.84. The van der Waals surface area contributed by atoms with Crippen molar-refractivity contribution < 1.29 is 4.79 Å². The molecule has 132 valence electrons. The molecule has 0 radical (unpaired) electrons. The summed E-state index contributed by atoms with van der Waals surface area (Å²) in [4.78, 5) is 16.4. The van der Waals surface area contributed by atoms with Gasteiger partial charge in [0.15, 0.2) is 11.6 Å². The van der Waals surface area contributed by atoms with Gasteiger partial charge in [-0.15, -0.1) is 10.2 Å². The molecule has 2 heterocycles. The molecule has 0 atom stereocenters. The van der Waals surface area contributed by atoms with E-state index >= 15 is 0 Å². The van der Waals surface area contributed by atoms with Gasteiger partial charge >= 0.3 is 0 Å². The van der Waals surface area contributed by atoms with Gasteiger partial charge < -0.3 is 0 Å². The fourth-order valence-corrected chi connectivity index (χ4v) is 3.01. The van der Waals surface area contributed by atoms with Crippen LogP contribution in [0.2, 0.25) is 0 Å². The maximum atomic E-state index is 11.6. The Balaban J connectivity index is 1.87. The van der Waals surface area contributed by atoms with Crippen molar-refractivity contribution in [3.05, 3.63) is 84.1 Å². The molecule has 0 bridgehead atoms. The van der Waals surface area contributed by atoms with Crippen molar-refractivity contribution in [2.45, 2.75) is 13.8 Å². The molecule has 27 heavy (non-hydrogen) atoms. The first kappa shape index (κ1) is 16.8. The fraction of sp³-hybridized carbons (Fsp3) is 0.0909. The number of aromatic nitrogens is 2. The standard InChI is InChI=1S/C22H18N4O/c1-15-8-6-13-20-23-21(17-9-4-3-5-10-17)22(26(15)20)25-24-19-12-7-11-18(14-19)16(2)27/h3-14H,1-2H3. The third kappa shape index (κ3) is 3.27. The van der Waals surface area contributed by atoms with Gasteiger partial charge in [0.2, 0.25) is 0 Å². The van der Waals surface area contributed by atoms with Gasteiger partial charge in [-0.1, -0.05) is 48.5 Å². The van der Waals surface area contributed by atoms with E-state index in [0.29, 0.717) is 17.1 Å². The molecule has 0 aliphatic heterocycles. The predicted molar refractivity (Wildman–Crippen MR) is 106 cm³/mol. The highest BCUT2D eigenvalue weighted by Gasteiger charge is 2.15. The van der Waals surface area contributed by atoms with Crippen molar-refractivity contribution in [1.29, 1.82) is 0 Å². The van der Waals surface area contributed by atoms with Gasteiger partial charge in [-0.2, -0.15) is 0 Å². The van der Waals surface area contributed by atoms with Gasteiger partial charge in [-0.3, -0.25) is 9.20 Å². The first-order valence-electron chi connectivity index (χ1n) is 8.70. The molecule has 2 aromatic heterocycles. The van der Waals surface area contributed by atoms with Crippen LogP contribution < -0.4 is 0 Å².